The maximum atomic E-state index is 5.95. The van der Waals surface area contributed by atoms with Gasteiger partial charge in [-0.05, 0) is 36.2 Å². The average Bonchev–Trinajstić information content (AvgIpc) is 2.35. The van der Waals surface area contributed by atoms with E-state index in [1.165, 1.54) is 0 Å². The third kappa shape index (κ3) is 3.20. The van der Waals surface area contributed by atoms with Gasteiger partial charge in [-0.25, -0.2) is 4.98 Å². The Hall–Kier alpha value is -1.06. The van der Waals surface area contributed by atoms with E-state index in [9.17, 15) is 0 Å². The monoisotopic (exact) mass is 311 g/mol. The molecule has 0 saturated heterocycles. The molecule has 4 heteroatoms. The standard InChI is InChI=1S/C13H11BrClNO/c1-9-6-11(3-4-12(9)15)17-13-5-2-10(7-14)8-16-13/h2-6,8H,7H2,1H3. The summed E-state index contributed by atoms with van der Waals surface area (Å²) in [6, 6.07) is 9.36. The van der Waals surface area contributed by atoms with Crippen molar-refractivity contribution in [2.45, 2.75) is 12.3 Å². The zero-order valence-corrected chi connectivity index (χ0v) is 11.6. The summed E-state index contributed by atoms with van der Waals surface area (Å²) in [5.41, 5.74) is 2.10. The quantitative estimate of drug-likeness (QED) is 0.764. The number of aromatic nitrogens is 1. The molecule has 0 atom stereocenters. The lowest BCUT2D eigenvalue weighted by Crippen LogP contribution is -1.89. The number of benzene rings is 1. The number of pyridine rings is 1. The summed E-state index contributed by atoms with van der Waals surface area (Å²) in [6.45, 7) is 1.94. The van der Waals surface area contributed by atoms with Crippen molar-refractivity contribution in [2.75, 3.05) is 0 Å². The molecule has 0 bridgehead atoms. The van der Waals surface area contributed by atoms with Crippen LogP contribution in [-0.2, 0) is 5.33 Å². The molecule has 2 nitrogen and oxygen atoms in total. The molecule has 1 aromatic heterocycles. The molecule has 88 valence electrons. The van der Waals surface area contributed by atoms with Gasteiger partial charge in [0.05, 0.1) is 0 Å². The predicted octanol–water partition coefficient (Wildman–Crippen LogP) is 4.73. The van der Waals surface area contributed by atoms with Crippen molar-refractivity contribution >= 4 is 27.5 Å². The fourth-order valence-electron chi connectivity index (χ4n) is 1.35. The van der Waals surface area contributed by atoms with Gasteiger partial charge in [-0.1, -0.05) is 33.6 Å². The van der Waals surface area contributed by atoms with E-state index < -0.39 is 0 Å². The van der Waals surface area contributed by atoms with Crippen LogP contribution in [-0.4, -0.2) is 4.98 Å². The van der Waals surface area contributed by atoms with Crippen LogP contribution in [0.4, 0.5) is 0 Å². The molecular weight excluding hydrogens is 302 g/mol. The predicted molar refractivity (Wildman–Crippen MR) is 73.1 cm³/mol. The summed E-state index contributed by atoms with van der Waals surface area (Å²) in [5.74, 6) is 1.32. The fraction of sp³-hybridized carbons (Fsp3) is 0.154. The number of hydrogen-bond donors (Lipinski definition) is 0. The van der Waals surface area contributed by atoms with Gasteiger partial charge in [-0.15, -0.1) is 0 Å². The van der Waals surface area contributed by atoms with Crippen LogP contribution < -0.4 is 4.74 Å². The molecule has 0 saturated carbocycles. The molecule has 0 aliphatic carbocycles. The smallest absolute Gasteiger partial charge is 0.219 e. The van der Waals surface area contributed by atoms with E-state index >= 15 is 0 Å². The molecule has 0 unspecified atom stereocenters. The van der Waals surface area contributed by atoms with Gasteiger partial charge in [0.25, 0.3) is 0 Å². The van der Waals surface area contributed by atoms with Crippen LogP contribution >= 0.6 is 27.5 Å². The minimum Gasteiger partial charge on any atom is -0.439 e. The van der Waals surface area contributed by atoms with Crippen molar-refractivity contribution in [3.63, 3.8) is 0 Å². The van der Waals surface area contributed by atoms with Crippen molar-refractivity contribution < 1.29 is 4.74 Å². The van der Waals surface area contributed by atoms with E-state index in [1.807, 2.05) is 37.3 Å². The van der Waals surface area contributed by atoms with Gasteiger partial charge in [0.2, 0.25) is 5.88 Å². The molecule has 0 fully saturated rings. The molecule has 0 radical (unpaired) electrons. The molecule has 2 rings (SSSR count). The van der Waals surface area contributed by atoms with Gasteiger partial charge in [-0.2, -0.15) is 0 Å². The van der Waals surface area contributed by atoms with Crippen molar-refractivity contribution in [3.05, 3.63) is 52.7 Å². The van der Waals surface area contributed by atoms with Gasteiger partial charge in [0.1, 0.15) is 5.75 Å². The first-order chi connectivity index (χ1) is 8.19. The Bertz CT molecular complexity index is 513. The second-order valence-electron chi connectivity index (χ2n) is 3.65. The molecule has 17 heavy (non-hydrogen) atoms. The Kier molecular flexibility index (Phi) is 4.02. The number of aryl methyl sites for hydroxylation is 1. The largest absolute Gasteiger partial charge is 0.439 e. The van der Waals surface area contributed by atoms with Crippen LogP contribution in [0.1, 0.15) is 11.1 Å². The average molecular weight is 313 g/mol. The molecule has 1 aromatic carbocycles. The minimum atomic E-state index is 0.580. The van der Waals surface area contributed by atoms with Crippen LogP contribution in [0.15, 0.2) is 36.5 Å². The fourth-order valence-corrected chi connectivity index (χ4v) is 1.80. The minimum absolute atomic E-state index is 0.580. The highest BCUT2D eigenvalue weighted by atomic mass is 79.9. The first kappa shape index (κ1) is 12.4. The molecule has 2 aromatic rings. The maximum Gasteiger partial charge on any atom is 0.219 e. The molecule has 0 aliphatic rings. The van der Waals surface area contributed by atoms with Crippen LogP contribution in [0.2, 0.25) is 5.02 Å². The number of ether oxygens (including phenoxy) is 1. The highest BCUT2D eigenvalue weighted by molar-refractivity contribution is 9.08. The van der Waals surface area contributed by atoms with Gasteiger partial charge < -0.3 is 4.74 Å². The molecular formula is C13H11BrClNO. The topological polar surface area (TPSA) is 22.1 Å². The van der Waals surface area contributed by atoms with Gasteiger partial charge in [0.15, 0.2) is 0 Å². The van der Waals surface area contributed by atoms with E-state index in [1.54, 1.807) is 6.20 Å². The Morgan fingerprint density at radius 2 is 2.12 bits per heavy atom. The number of rotatable bonds is 3. The number of alkyl halides is 1. The zero-order valence-electron chi connectivity index (χ0n) is 9.28. The lowest BCUT2D eigenvalue weighted by Gasteiger charge is -2.06. The van der Waals surface area contributed by atoms with Crippen LogP contribution in [0.25, 0.3) is 0 Å². The van der Waals surface area contributed by atoms with E-state index in [0.29, 0.717) is 5.88 Å². The molecule has 0 spiro atoms. The van der Waals surface area contributed by atoms with E-state index in [2.05, 4.69) is 20.9 Å². The summed E-state index contributed by atoms with van der Waals surface area (Å²) in [4.78, 5) is 4.21. The lowest BCUT2D eigenvalue weighted by molar-refractivity contribution is 0.462. The highest BCUT2D eigenvalue weighted by Crippen LogP contribution is 2.24. The Labute approximate surface area is 114 Å². The first-order valence-corrected chi connectivity index (χ1v) is 6.64. The van der Waals surface area contributed by atoms with Crippen LogP contribution in [0, 0.1) is 6.92 Å². The lowest BCUT2D eigenvalue weighted by atomic mass is 10.2. The van der Waals surface area contributed by atoms with Crippen LogP contribution in [0.5, 0.6) is 11.6 Å². The highest BCUT2D eigenvalue weighted by Gasteiger charge is 2.01. The Balaban J connectivity index is 2.16. The maximum absolute atomic E-state index is 5.95. The van der Waals surface area contributed by atoms with Crippen molar-refractivity contribution in [2.24, 2.45) is 0 Å². The Morgan fingerprint density at radius 1 is 1.29 bits per heavy atom. The summed E-state index contributed by atoms with van der Waals surface area (Å²) >= 11 is 9.32. The van der Waals surface area contributed by atoms with Gasteiger partial charge >= 0.3 is 0 Å². The number of nitrogens with zero attached hydrogens (tertiary/aromatic N) is 1. The molecule has 0 amide bonds. The SMILES string of the molecule is Cc1cc(Oc2ccc(CBr)cn2)ccc1Cl. The summed E-state index contributed by atoms with van der Waals surface area (Å²) in [7, 11) is 0. The number of halogens is 2. The zero-order chi connectivity index (χ0) is 12.3. The van der Waals surface area contributed by atoms with Crippen molar-refractivity contribution in [3.8, 4) is 11.6 Å². The number of hydrogen-bond acceptors (Lipinski definition) is 2. The molecule has 0 aliphatic heterocycles. The summed E-state index contributed by atoms with van der Waals surface area (Å²) in [6.07, 6.45) is 1.78. The van der Waals surface area contributed by atoms with Gasteiger partial charge in [-0.3, -0.25) is 0 Å². The first-order valence-electron chi connectivity index (χ1n) is 5.14. The van der Waals surface area contributed by atoms with E-state index in [-0.39, 0.29) is 0 Å². The summed E-state index contributed by atoms with van der Waals surface area (Å²) < 4.78 is 5.63. The van der Waals surface area contributed by atoms with Crippen molar-refractivity contribution in [1.82, 2.24) is 4.98 Å². The van der Waals surface area contributed by atoms with Crippen molar-refractivity contribution in [1.29, 1.82) is 0 Å². The third-order valence-electron chi connectivity index (χ3n) is 2.30. The normalized spacial score (nSPS) is 10.3. The molecule has 1 heterocycles. The van der Waals surface area contributed by atoms with E-state index in [0.717, 1.165) is 27.2 Å². The van der Waals surface area contributed by atoms with Gasteiger partial charge in [0, 0.05) is 22.6 Å². The second kappa shape index (κ2) is 5.52. The Morgan fingerprint density at radius 3 is 2.71 bits per heavy atom. The van der Waals surface area contributed by atoms with E-state index in [4.69, 9.17) is 16.3 Å². The third-order valence-corrected chi connectivity index (χ3v) is 3.38. The van der Waals surface area contributed by atoms with Crippen LogP contribution in [0.3, 0.4) is 0 Å². The summed E-state index contributed by atoms with van der Waals surface area (Å²) in [5, 5.41) is 1.53. The molecule has 0 N–H and O–H groups in total. The second-order valence-corrected chi connectivity index (χ2v) is 4.62.